The summed E-state index contributed by atoms with van der Waals surface area (Å²) in [5.41, 5.74) is 1.41. The fourth-order valence-electron chi connectivity index (χ4n) is 3.21. The van der Waals surface area contributed by atoms with E-state index in [9.17, 15) is 9.59 Å². The van der Waals surface area contributed by atoms with E-state index < -0.39 is 0 Å². The van der Waals surface area contributed by atoms with Crippen LogP contribution in [0.25, 0.3) is 0 Å². The van der Waals surface area contributed by atoms with Gasteiger partial charge in [0.1, 0.15) is 5.76 Å². The van der Waals surface area contributed by atoms with Gasteiger partial charge in [-0.1, -0.05) is 37.6 Å². The number of carbonyl (C=O) groups excluding carboxylic acids is 2. The van der Waals surface area contributed by atoms with Crippen LogP contribution in [0, 0.1) is 5.41 Å². The monoisotopic (exact) mass is 304 g/mol. The number of esters is 1. The second kappa shape index (κ2) is 4.99. The number of allylic oxidation sites excluding steroid dienone is 2. The number of ether oxygens (including phenoxy) is 1. The minimum Gasteiger partial charge on any atom is -0.431 e. The topological polar surface area (TPSA) is 43.4 Å². The summed E-state index contributed by atoms with van der Waals surface area (Å²) in [6.45, 7) is 4.04. The number of hydrogen-bond donors (Lipinski definition) is 0. The van der Waals surface area contributed by atoms with E-state index in [0.29, 0.717) is 29.2 Å². The van der Waals surface area contributed by atoms with Crippen LogP contribution < -0.4 is 0 Å². The molecule has 4 heteroatoms. The Balaban J connectivity index is 2.08. The van der Waals surface area contributed by atoms with E-state index >= 15 is 0 Å². The smallest absolute Gasteiger partial charge is 0.311 e. The lowest BCUT2D eigenvalue weighted by molar-refractivity contribution is -0.142. The molecule has 1 aliphatic carbocycles. The molecule has 0 spiro atoms. The quantitative estimate of drug-likeness (QED) is 0.736. The van der Waals surface area contributed by atoms with Crippen molar-refractivity contribution in [2.45, 2.75) is 39.0 Å². The number of Topliss-reactive ketones (excluding diaryl/α,β-unsaturated/α-hetero) is 1. The first kappa shape index (κ1) is 14.3. The van der Waals surface area contributed by atoms with Crippen molar-refractivity contribution in [2.75, 3.05) is 0 Å². The van der Waals surface area contributed by atoms with Crippen LogP contribution in [0.1, 0.15) is 44.6 Å². The molecule has 3 rings (SSSR count). The minimum atomic E-state index is -0.274. The summed E-state index contributed by atoms with van der Waals surface area (Å²) in [4.78, 5) is 24.4. The molecule has 0 saturated heterocycles. The van der Waals surface area contributed by atoms with Crippen LogP contribution in [0.5, 0.6) is 0 Å². The third-order valence-electron chi connectivity index (χ3n) is 4.09. The van der Waals surface area contributed by atoms with Gasteiger partial charge < -0.3 is 4.74 Å². The average molecular weight is 305 g/mol. The lowest BCUT2D eigenvalue weighted by Crippen LogP contribution is -2.33. The fraction of sp³-hybridized carbons (Fsp3) is 0.412. The summed E-state index contributed by atoms with van der Waals surface area (Å²) in [7, 11) is 0. The molecule has 1 aromatic carbocycles. The lowest BCUT2D eigenvalue weighted by atomic mass is 9.71. The van der Waals surface area contributed by atoms with Crippen molar-refractivity contribution in [3.8, 4) is 0 Å². The van der Waals surface area contributed by atoms with Crippen LogP contribution in [0.2, 0.25) is 5.02 Å². The third-order valence-corrected chi connectivity index (χ3v) is 4.32. The Hall–Kier alpha value is -1.61. The third kappa shape index (κ3) is 2.75. The van der Waals surface area contributed by atoms with Gasteiger partial charge in [-0.05, 0) is 23.1 Å². The van der Waals surface area contributed by atoms with Crippen molar-refractivity contribution in [3.63, 3.8) is 0 Å². The first-order valence-corrected chi connectivity index (χ1v) is 7.46. The lowest BCUT2D eigenvalue weighted by Gasteiger charge is -2.36. The van der Waals surface area contributed by atoms with Gasteiger partial charge in [0.2, 0.25) is 0 Å². The molecule has 1 aromatic rings. The van der Waals surface area contributed by atoms with Crippen molar-refractivity contribution < 1.29 is 14.3 Å². The van der Waals surface area contributed by atoms with E-state index in [4.69, 9.17) is 16.3 Å². The summed E-state index contributed by atoms with van der Waals surface area (Å²) in [6.07, 6.45) is 1.31. The molecule has 3 nitrogen and oxygen atoms in total. The number of rotatable bonds is 1. The van der Waals surface area contributed by atoms with Gasteiger partial charge in [0.25, 0.3) is 0 Å². The molecule has 1 unspecified atom stereocenters. The molecule has 0 aromatic heterocycles. The molecule has 0 bridgehead atoms. The van der Waals surface area contributed by atoms with Crippen molar-refractivity contribution >= 4 is 23.4 Å². The molecule has 110 valence electrons. The van der Waals surface area contributed by atoms with Gasteiger partial charge in [0, 0.05) is 29.4 Å². The number of benzene rings is 1. The number of halogens is 1. The van der Waals surface area contributed by atoms with Crippen LogP contribution >= 0.6 is 11.6 Å². The van der Waals surface area contributed by atoms with E-state index in [0.717, 1.165) is 5.56 Å². The van der Waals surface area contributed by atoms with E-state index in [1.165, 1.54) is 0 Å². The highest BCUT2D eigenvalue weighted by atomic mass is 35.5. The summed E-state index contributed by atoms with van der Waals surface area (Å²) < 4.78 is 5.37. The maximum absolute atomic E-state index is 12.5. The maximum Gasteiger partial charge on any atom is 0.311 e. The molecule has 1 heterocycles. The minimum absolute atomic E-state index is 0.0822. The van der Waals surface area contributed by atoms with Crippen LogP contribution in [0.3, 0.4) is 0 Å². The zero-order chi connectivity index (χ0) is 15.2. The predicted octanol–water partition coefficient (Wildman–Crippen LogP) is 4.01. The van der Waals surface area contributed by atoms with Gasteiger partial charge in [-0.15, -0.1) is 0 Å². The number of carbonyl (C=O) groups is 2. The molecule has 0 saturated carbocycles. The molecule has 0 amide bonds. The van der Waals surface area contributed by atoms with Crippen LogP contribution in [-0.4, -0.2) is 11.8 Å². The number of ketones is 1. The summed E-state index contributed by atoms with van der Waals surface area (Å²) in [5, 5.41) is 0.608. The van der Waals surface area contributed by atoms with Crippen molar-refractivity contribution in [1.82, 2.24) is 0 Å². The second-order valence-corrected chi connectivity index (χ2v) is 7.00. The Kier molecular flexibility index (Phi) is 3.40. The Morgan fingerprint density at radius 3 is 2.71 bits per heavy atom. The Morgan fingerprint density at radius 1 is 1.24 bits per heavy atom. The van der Waals surface area contributed by atoms with Crippen molar-refractivity contribution in [3.05, 3.63) is 46.2 Å². The van der Waals surface area contributed by atoms with Gasteiger partial charge in [-0.3, -0.25) is 9.59 Å². The first-order chi connectivity index (χ1) is 9.85. The van der Waals surface area contributed by atoms with Gasteiger partial charge in [0.05, 0.1) is 6.42 Å². The standard InChI is InChI=1S/C17H17ClO3/c1-17(2)8-13(19)16-12(7-15(20)21-14(16)9-17)10-4-3-5-11(18)6-10/h3-6,12H,7-9H2,1-2H3. The zero-order valence-electron chi connectivity index (χ0n) is 12.1. The molecule has 0 N–H and O–H groups in total. The van der Waals surface area contributed by atoms with Crippen molar-refractivity contribution in [1.29, 1.82) is 0 Å². The fourth-order valence-corrected chi connectivity index (χ4v) is 3.41. The summed E-state index contributed by atoms with van der Waals surface area (Å²) >= 11 is 6.04. The van der Waals surface area contributed by atoms with E-state index in [2.05, 4.69) is 0 Å². The highest BCUT2D eigenvalue weighted by molar-refractivity contribution is 6.30. The van der Waals surface area contributed by atoms with Gasteiger partial charge >= 0.3 is 5.97 Å². The highest BCUT2D eigenvalue weighted by Gasteiger charge is 2.42. The van der Waals surface area contributed by atoms with Gasteiger partial charge in [-0.2, -0.15) is 0 Å². The first-order valence-electron chi connectivity index (χ1n) is 7.08. The van der Waals surface area contributed by atoms with E-state index in [1.54, 1.807) is 6.07 Å². The van der Waals surface area contributed by atoms with Gasteiger partial charge in [-0.25, -0.2) is 0 Å². The van der Waals surface area contributed by atoms with E-state index in [-0.39, 0.29) is 29.5 Å². The SMILES string of the molecule is CC1(C)CC(=O)C2=C(C1)OC(=O)CC2c1cccc(Cl)c1. The average Bonchev–Trinajstić information content (AvgIpc) is 2.35. The molecule has 2 aliphatic rings. The molecule has 0 fully saturated rings. The molecule has 1 aliphatic heterocycles. The molecule has 1 atom stereocenters. The molecular weight excluding hydrogens is 288 g/mol. The normalized spacial score (nSPS) is 24.6. The predicted molar refractivity (Wildman–Crippen MR) is 80.0 cm³/mol. The molecule has 0 radical (unpaired) electrons. The Bertz CT molecular complexity index is 658. The molecular formula is C17H17ClO3. The van der Waals surface area contributed by atoms with E-state index in [1.807, 2.05) is 32.0 Å². The highest BCUT2D eigenvalue weighted by Crippen LogP contribution is 2.45. The molecule has 21 heavy (non-hydrogen) atoms. The number of hydrogen-bond acceptors (Lipinski definition) is 3. The van der Waals surface area contributed by atoms with Crippen molar-refractivity contribution in [2.24, 2.45) is 5.41 Å². The largest absolute Gasteiger partial charge is 0.431 e. The summed E-state index contributed by atoms with van der Waals surface area (Å²) in [5.74, 6) is 0.129. The maximum atomic E-state index is 12.5. The van der Waals surface area contributed by atoms with Crippen LogP contribution in [0.15, 0.2) is 35.6 Å². The van der Waals surface area contributed by atoms with Crippen LogP contribution in [0.4, 0.5) is 0 Å². The van der Waals surface area contributed by atoms with Crippen LogP contribution in [-0.2, 0) is 14.3 Å². The zero-order valence-corrected chi connectivity index (χ0v) is 12.9. The Morgan fingerprint density at radius 2 is 2.00 bits per heavy atom. The Labute approximate surface area is 128 Å². The summed E-state index contributed by atoms with van der Waals surface area (Å²) in [6, 6.07) is 7.36. The van der Waals surface area contributed by atoms with Gasteiger partial charge in [0.15, 0.2) is 5.78 Å². The second-order valence-electron chi connectivity index (χ2n) is 6.56.